The maximum atomic E-state index is 13.4. The van der Waals surface area contributed by atoms with Gasteiger partial charge in [0.25, 0.3) is 5.91 Å². The molecule has 0 aliphatic carbocycles. The second-order valence-electron chi connectivity index (χ2n) is 8.54. The van der Waals surface area contributed by atoms with Crippen LogP contribution >= 0.6 is 0 Å². The van der Waals surface area contributed by atoms with Gasteiger partial charge in [0.2, 0.25) is 5.88 Å². The number of pyridine rings is 1. The van der Waals surface area contributed by atoms with Crippen molar-refractivity contribution in [2.24, 2.45) is 11.3 Å². The van der Waals surface area contributed by atoms with Gasteiger partial charge in [-0.05, 0) is 36.6 Å². The first-order valence-electron chi connectivity index (χ1n) is 10.5. The zero-order valence-electron chi connectivity index (χ0n) is 18.0. The quantitative estimate of drug-likeness (QED) is 0.755. The number of likely N-dealkylation sites (tertiary alicyclic amines) is 1. The van der Waals surface area contributed by atoms with Crippen LogP contribution in [0.15, 0.2) is 36.5 Å². The number of carbonyl (C=O) groups excluding carboxylic acids is 1. The van der Waals surface area contributed by atoms with Crippen LogP contribution in [-0.4, -0.2) is 60.8 Å². The van der Waals surface area contributed by atoms with Crippen LogP contribution in [0.5, 0.6) is 5.88 Å². The first kappa shape index (κ1) is 22.9. The van der Waals surface area contributed by atoms with Gasteiger partial charge in [0, 0.05) is 49.5 Å². The zero-order valence-corrected chi connectivity index (χ0v) is 18.0. The zero-order chi connectivity index (χ0) is 23.8. The number of alkyl halides is 3. The van der Waals surface area contributed by atoms with Crippen molar-refractivity contribution in [2.75, 3.05) is 44.8 Å². The van der Waals surface area contributed by atoms with Gasteiger partial charge >= 0.3 is 6.18 Å². The maximum Gasteiger partial charge on any atom is 0.417 e. The number of benzene rings is 1. The van der Waals surface area contributed by atoms with Crippen molar-refractivity contribution in [2.45, 2.75) is 12.6 Å². The second-order valence-corrected chi connectivity index (χ2v) is 8.54. The van der Waals surface area contributed by atoms with E-state index < -0.39 is 22.7 Å². The molecule has 2 aromatic rings. The van der Waals surface area contributed by atoms with Crippen LogP contribution in [0.2, 0.25) is 0 Å². The van der Waals surface area contributed by atoms with E-state index in [1.54, 1.807) is 28.0 Å². The molecular formula is C23H23F3N4O3. The topological polar surface area (TPSA) is 89.7 Å². The summed E-state index contributed by atoms with van der Waals surface area (Å²) in [5, 5.41) is 19.3. The van der Waals surface area contributed by atoms with Gasteiger partial charge < -0.3 is 19.6 Å². The molecule has 1 amide bonds. The number of ether oxygens (including phenoxy) is 1. The lowest BCUT2D eigenvalue weighted by Crippen LogP contribution is -2.52. The molecule has 7 nitrogen and oxygen atoms in total. The number of hydrogen-bond donors (Lipinski definition) is 1. The number of carbonyl (C=O) groups is 1. The van der Waals surface area contributed by atoms with Crippen molar-refractivity contribution in [3.05, 3.63) is 53.2 Å². The van der Waals surface area contributed by atoms with Crippen molar-refractivity contribution in [1.82, 2.24) is 9.88 Å². The molecule has 2 aliphatic rings. The van der Waals surface area contributed by atoms with E-state index in [-0.39, 0.29) is 25.0 Å². The van der Waals surface area contributed by atoms with Gasteiger partial charge in [-0.1, -0.05) is 0 Å². The molecule has 0 radical (unpaired) electrons. The fourth-order valence-electron chi connectivity index (χ4n) is 4.85. The van der Waals surface area contributed by atoms with Gasteiger partial charge in [-0.3, -0.25) is 4.79 Å². The van der Waals surface area contributed by atoms with Crippen LogP contribution in [0.25, 0.3) is 0 Å². The monoisotopic (exact) mass is 460 g/mol. The number of amides is 1. The lowest BCUT2D eigenvalue weighted by atomic mass is 9.74. The summed E-state index contributed by atoms with van der Waals surface area (Å²) in [7, 11) is 1.48. The number of methoxy groups -OCH3 is 1. The number of aliphatic hydroxyl groups is 1. The number of rotatable bonds is 4. The molecule has 2 atom stereocenters. The summed E-state index contributed by atoms with van der Waals surface area (Å²) in [6, 6.07) is 8.49. The number of nitriles is 1. The van der Waals surface area contributed by atoms with Crippen LogP contribution in [-0.2, 0) is 6.18 Å². The summed E-state index contributed by atoms with van der Waals surface area (Å²) in [5.74, 6) is 0.197. The number of aliphatic hydroxyl groups excluding tert-OH is 1. The number of hydrogen-bond acceptors (Lipinski definition) is 6. The molecular weight excluding hydrogens is 437 g/mol. The van der Waals surface area contributed by atoms with Crippen LogP contribution in [0.4, 0.5) is 18.9 Å². The van der Waals surface area contributed by atoms with Crippen molar-refractivity contribution in [3.63, 3.8) is 0 Å². The Labute approximate surface area is 189 Å². The average molecular weight is 460 g/mol. The molecule has 1 aromatic carbocycles. The highest BCUT2D eigenvalue weighted by molar-refractivity contribution is 5.94. The minimum absolute atomic E-state index is 0.0190. The number of fused-ring (bicyclic) bond motifs is 1. The standard InChI is InChI=1S/C23H23F3N4O3/c1-33-20-5-3-16(10-28-20)21(32)29-7-6-17-11-30(13-22(17,12-29)14-31)18-4-2-15(9-27)19(8-18)23(24,25)26/h2-5,8,10,17,31H,6-7,11-14H2,1H3/t17-,22+/m0/s1. The van der Waals surface area contributed by atoms with E-state index in [1.165, 1.54) is 25.4 Å². The Morgan fingerprint density at radius 1 is 1.33 bits per heavy atom. The first-order chi connectivity index (χ1) is 15.7. The molecule has 10 heteroatoms. The lowest BCUT2D eigenvalue weighted by Gasteiger charge is -2.43. The molecule has 3 heterocycles. The van der Waals surface area contributed by atoms with E-state index in [4.69, 9.17) is 10.00 Å². The predicted octanol–water partition coefficient (Wildman–Crippen LogP) is 2.94. The largest absolute Gasteiger partial charge is 0.481 e. The molecule has 0 spiro atoms. The molecule has 0 unspecified atom stereocenters. The van der Waals surface area contributed by atoms with Gasteiger partial charge in [0.05, 0.1) is 36.5 Å². The Balaban J connectivity index is 1.56. The highest BCUT2D eigenvalue weighted by atomic mass is 19.4. The van der Waals surface area contributed by atoms with E-state index in [9.17, 15) is 23.1 Å². The molecule has 0 saturated carbocycles. The van der Waals surface area contributed by atoms with E-state index >= 15 is 0 Å². The molecule has 2 aliphatic heterocycles. The van der Waals surface area contributed by atoms with E-state index in [1.807, 2.05) is 0 Å². The highest BCUT2D eigenvalue weighted by Gasteiger charge is 2.50. The minimum atomic E-state index is -4.64. The number of aromatic nitrogens is 1. The summed E-state index contributed by atoms with van der Waals surface area (Å²) in [4.78, 5) is 20.6. The summed E-state index contributed by atoms with van der Waals surface area (Å²) in [5.41, 5.74) is -1.30. The van der Waals surface area contributed by atoms with Crippen molar-refractivity contribution in [3.8, 4) is 11.9 Å². The summed E-state index contributed by atoms with van der Waals surface area (Å²) in [6.45, 7) is 1.35. The molecule has 1 N–H and O–H groups in total. The van der Waals surface area contributed by atoms with Gasteiger partial charge in [-0.25, -0.2) is 4.98 Å². The molecule has 1 aromatic heterocycles. The number of piperidine rings is 1. The van der Waals surface area contributed by atoms with E-state index in [2.05, 4.69) is 4.98 Å². The normalized spacial score (nSPS) is 22.6. The smallest absolute Gasteiger partial charge is 0.417 e. The third-order valence-electron chi connectivity index (χ3n) is 6.65. The molecule has 2 saturated heterocycles. The summed E-state index contributed by atoms with van der Waals surface area (Å²) < 4.78 is 45.3. The molecule has 4 rings (SSSR count). The number of halogens is 3. The van der Waals surface area contributed by atoms with Crippen molar-refractivity contribution < 1.29 is 27.8 Å². The van der Waals surface area contributed by atoms with E-state index in [0.29, 0.717) is 43.2 Å². The fourth-order valence-corrected chi connectivity index (χ4v) is 4.85. The van der Waals surface area contributed by atoms with Crippen LogP contribution < -0.4 is 9.64 Å². The molecule has 174 valence electrons. The van der Waals surface area contributed by atoms with Gasteiger partial charge in [0.1, 0.15) is 0 Å². The Morgan fingerprint density at radius 3 is 2.73 bits per heavy atom. The Bertz CT molecular complexity index is 1080. The van der Waals surface area contributed by atoms with Crippen molar-refractivity contribution in [1.29, 1.82) is 5.26 Å². The van der Waals surface area contributed by atoms with Crippen molar-refractivity contribution >= 4 is 11.6 Å². The average Bonchev–Trinajstić information content (AvgIpc) is 3.22. The second kappa shape index (κ2) is 8.56. The molecule has 33 heavy (non-hydrogen) atoms. The van der Waals surface area contributed by atoms with Crippen LogP contribution in [0, 0.1) is 22.7 Å². The SMILES string of the molecule is COc1ccc(C(=O)N2CC[C@H]3CN(c4ccc(C#N)c(C(F)(F)F)c4)C[C@@]3(CO)C2)cn1. The Morgan fingerprint density at radius 2 is 2.12 bits per heavy atom. The minimum Gasteiger partial charge on any atom is -0.481 e. The van der Waals surface area contributed by atoms with E-state index in [0.717, 1.165) is 6.07 Å². The molecule has 2 fully saturated rings. The Kier molecular flexibility index (Phi) is 5.93. The third kappa shape index (κ3) is 4.20. The number of anilines is 1. The van der Waals surface area contributed by atoms with Gasteiger partial charge in [-0.2, -0.15) is 18.4 Å². The summed E-state index contributed by atoms with van der Waals surface area (Å²) >= 11 is 0. The lowest BCUT2D eigenvalue weighted by molar-refractivity contribution is -0.137. The summed E-state index contributed by atoms with van der Waals surface area (Å²) in [6.07, 6.45) is -2.58. The first-order valence-corrected chi connectivity index (χ1v) is 10.5. The third-order valence-corrected chi connectivity index (χ3v) is 6.65. The maximum absolute atomic E-state index is 13.4. The highest BCUT2D eigenvalue weighted by Crippen LogP contribution is 2.44. The molecule has 0 bridgehead atoms. The Hall–Kier alpha value is -3.32. The van der Waals surface area contributed by atoms with Crippen LogP contribution in [0.3, 0.4) is 0 Å². The van der Waals surface area contributed by atoms with Crippen LogP contribution in [0.1, 0.15) is 27.9 Å². The fraction of sp³-hybridized carbons (Fsp3) is 0.435. The predicted molar refractivity (Wildman–Crippen MR) is 113 cm³/mol. The number of nitrogens with zero attached hydrogens (tertiary/aromatic N) is 4. The van der Waals surface area contributed by atoms with Gasteiger partial charge in [-0.15, -0.1) is 0 Å². The van der Waals surface area contributed by atoms with Gasteiger partial charge in [0.15, 0.2) is 0 Å².